The number of carbonyl (C=O) groups is 2. The van der Waals surface area contributed by atoms with Gasteiger partial charge < -0.3 is 9.64 Å². The Morgan fingerprint density at radius 2 is 1.81 bits per heavy atom. The Balaban J connectivity index is 1.77. The maximum absolute atomic E-state index is 12.8. The molecule has 1 aliphatic heterocycles. The second-order valence-electron chi connectivity index (χ2n) is 6.12. The summed E-state index contributed by atoms with van der Waals surface area (Å²) in [6, 6.07) is 4.35. The van der Waals surface area contributed by atoms with E-state index in [2.05, 4.69) is 4.72 Å². The molecule has 1 aromatic rings. The molecule has 1 atom stereocenters. The Kier molecular flexibility index (Phi) is 7.10. The molecule has 0 spiro atoms. The van der Waals surface area contributed by atoms with Crippen LogP contribution in [-0.4, -0.2) is 50.9 Å². The van der Waals surface area contributed by atoms with E-state index in [9.17, 15) is 22.4 Å². The minimum Gasteiger partial charge on any atom is -0.452 e. The normalized spacial score (nSPS) is 16.2. The third-order valence-corrected chi connectivity index (χ3v) is 5.55. The quantitative estimate of drug-likeness (QED) is 0.716. The van der Waals surface area contributed by atoms with Crippen molar-refractivity contribution in [1.82, 2.24) is 9.62 Å². The van der Waals surface area contributed by atoms with Crippen LogP contribution in [0.3, 0.4) is 0 Å². The zero-order valence-corrected chi connectivity index (χ0v) is 15.4. The highest BCUT2D eigenvalue weighted by Crippen LogP contribution is 2.12. The van der Waals surface area contributed by atoms with E-state index in [1.807, 2.05) is 0 Å². The molecule has 9 heteroatoms. The predicted molar refractivity (Wildman–Crippen MR) is 92.2 cm³/mol. The van der Waals surface area contributed by atoms with Gasteiger partial charge in [-0.3, -0.25) is 9.59 Å². The van der Waals surface area contributed by atoms with Crippen LogP contribution < -0.4 is 4.72 Å². The van der Waals surface area contributed by atoms with Crippen LogP contribution in [-0.2, 0) is 24.3 Å². The second-order valence-corrected chi connectivity index (χ2v) is 7.89. The van der Waals surface area contributed by atoms with Gasteiger partial charge >= 0.3 is 5.97 Å². The van der Waals surface area contributed by atoms with Gasteiger partial charge in [-0.25, -0.2) is 17.5 Å². The summed E-state index contributed by atoms with van der Waals surface area (Å²) in [4.78, 5) is 25.6. The molecule has 1 aromatic carbocycles. The number of amides is 1. The Hall–Kier alpha value is -2.00. The number of hydrogen-bond acceptors (Lipinski definition) is 5. The summed E-state index contributed by atoms with van der Waals surface area (Å²) in [5.74, 6) is -1.44. The van der Waals surface area contributed by atoms with E-state index in [1.54, 1.807) is 4.90 Å². The number of sulfonamides is 1. The maximum Gasteiger partial charge on any atom is 0.307 e. The van der Waals surface area contributed by atoms with Crippen LogP contribution in [0, 0.1) is 5.82 Å². The van der Waals surface area contributed by atoms with Crippen molar-refractivity contribution in [2.24, 2.45) is 0 Å². The molecule has 0 unspecified atom stereocenters. The van der Waals surface area contributed by atoms with Crippen molar-refractivity contribution in [2.75, 3.05) is 19.6 Å². The lowest BCUT2D eigenvalue weighted by atomic mass is 10.1. The van der Waals surface area contributed by atoms with Crippen molar-refractivity contribution in [3.05, 3.63) is 30.1 Å². The molecule has 1 N–H and O–H groups in total. The molecule has 0 aliphatic carbocycles. The van der Waals surface area contributed by atoms with Crippen LogP contribution in [0.5, 0.6) is 0 Å². The first-order valence-corrected chi connectivity index (χ1v) is 10.0. The van der Waals surface area contributed by atoms with E-state index < -0.39 is 27.9 Å². The van der Waals surface area contributed by atoms with Crippen molar-refractivity contribution in [3.8, 4) is 0 Å². The number of nitrogens with zero attached hydrogens (tertiary/aromatic N) is 1. The van der Waals surface area contributed by atoms with Gasteiger partial charge in [0.15, 0.2) is 6.10 Å². The molecule has 144 valence electrons. The monoisotopic (exact) mass is 386 g/mol. The number of likely N-dealkylation sites (tertiary alicyclic amines) is 1. The summed E-state index contributed by atoms with van der Waals surface area (Å²) in [6.45, 7) is 2.66. The summed E-state index contributed by atoms with van der Waals surface area (Å²) in [7, 11) is -3.83. The van der Waals surface area contributed by atoms with Crippen LogP contribution in [0.15, 0.2) is 29.2 Å². The highest BCUT2D eigenvalue weighted by Gasteiger charge is 2.25. The van der Waals surface area contributed by atoms with Gasteiger partial charge in [-0.2, -0.15) is 0 Å². The van der Waals surface area contributed by atoms with Crippen molar-refractivity contribution in [2.45, 2.75) is 43.6 Å². The van der Waals surface area contributed by atoms with Crippen LogP contribution in [0.2, 0.25) is 0 Å². The Morgan fingerprint density at radius 3 is 2.42 bits per heavy atom. The van der Waals surface area contributed by atoms with E-state index in [1.165, 1.54) is 6.92 Å². The summed E-state index contributed by atoms with van der Waals surface area (Å²) in [6.07, 6.45) is 1.87. The second kappa shape index (κ2) is 9.09. The molecule has 26 heavy (non-hydrogen) atoms. The van der Waals surface area contributed by atoms with Gasteiger partial charge in [-0.15, -0.1) is 0 Å². The number of hydrogen-bond donors (Lipinski definition) is 1. The number of piperidine rings is 1. The Bertz CT molecular complexity index is 730. The highest BCUT2D eigenvalue weighted by molar-refractivity contribution is 7.89. The SMILES string of the molecule is C[C@H](OC(=O)CCNS(=O)(=O)c1ccc(F)cc1)C(=O)N1CCCCC1. The van der Waals surface area contributed by atoms with Crippen molar-refractivity contribution >= 4 is 21.9 Å². The fourth-order valence-electron chi connectivity index (χ4n) is 2.66. The molecule has 0 bridgehead atoms. The molecule has 0 saturated carbocycles. The van der Waals surface area contributed by atoms with E-state index in [0.29, 0.717) is 13.1 Å². The zero-order valence-electron chi connectivity index (χ0n) is 14.6. The summed E-state index contributed by atoms with van der Waals surface area (Å²) in [5, 5.41) is 0. The van der Waals surface area contributed by atoms with Gasteiger partial charge in [0.05, 0.1) is 11.3 Å². The number of halogens is 1. The summed E-state index contributed by atoms with van der Waals surface area (Å²) in [5.41, 5.74) is 0. The van der Waals surface area contributed by atoms with E-state index >= 15 is 0 Å². The van der Waals surface area contributed by atoms with E-state index in [4.69, 9.17) is 4.74 Å². The lowest BCUT2D eigenvalue weighted by molar-refractivity contribution is -0.159. The smallest absolute Gasteiger partial charge is 0.307 e. The highest BCUT2D eigenvalue weighted by atomic mass is 32.2. The van der Waals surface area contributed by atoms with Crippen LogP contribution in [0.4, 0.5) is 4.39 Å². The number of ether oxygens (including phenoxy) is 1. The molecule has 7 nitrogen and oxygen atoms in total. The van der Waals surface area contributed by atoms with E-state index in [0.717, 1.165) is 43.5 Å². The molecule has 1 saturated heterocycles. The molecule has 0 aromatic heterocycles. The van der Waals surface area contributed by atoms with Gasteiger partial charge in [0.25, 0.3) is 5.91 Å². The molecule has 1 fully saturated rings. The average Bonchev–Trinajstić information content (AvgIpc) is 2.62. The first-order chi connectivity index (χ1) is 12.3. The average molecular weight is 386 g/mol. The first kappa shape index (κ1) is 20.3. The minimum absolute atomic E-state index is 0.0964. The van der Waals surface area contributed by atoms with Gasteiger partial charge in [-0.1, -0.05) is 0 Å². The fourth-order valence-corrected chi connectivity index (χ4v) is 3.69. The van der Waals surface area contributed by atoms with Gasteiger partial charge in [0.1, 0.15) is 5.82 Å². The van der Waals surface area contributed by atoms with Crippen molar-refractivity contribution < 1.29 is 27.1 Å². The molecule has 2 rings (SSSR count). The standard InChI is InChI=1S/C17H23FN2O5S/c1-13(17(22)20-11-3-2-4-12-20)25-16(21)9-10-19-26(23,24)15-7-5-14(18)6-8-15/h5-8,13,19H,2-4,9-12H2,1H3/t13-/m0/s1. The molecule has 1 heterocycles. The lowest BCUT2D eigenvalue weighted by Crippen LogP contribution is -2.42. The third-order valence-electron chi connectivity index (χ3n) is 4.07. The Labute approximate surface area is 152 Å². The molecule has 0 radical (unpaired) electrons. The Morgan fingerprint density at radius 1 is 1.19 bits per heavy atom. The van der Waals surface area contributed by atoms with Gasteiger partial charge in [0, 0.05) is 19.6 Å². The molecular formula is C17H23FN2O5S. The van der Waals surface area contributed by atoms with Gasteiger partial charge in [-0.05, 0) is 50.5 Å². The third kappa shape index (κ3) is 5.77. The van der Waals surface area contributed by atoms with Crippen LogP contribution in [0.1, 0.15) is 32.6 Å². The van der Waals surface area contributed by atoms with Crippen molar-refractivity contribution in [1.29, 1.82) is 0 Å². The lowest BCUT2D eigenvalue weighted by Gasteiger charge is -2.28. The number of nitrogens with one attached hydrogen (secondary N) is 1. The summed E-state index contributed by atoms with van der Waals surface area (Å²) < 4.78 is 44.2. The van der Waals surface area contributed by atoms with Crippen LogP contribution in [0.25, 0.3) is 0 Å². The number of rotatable bonds is 7. The van der Waals surface area contributed by atoms with Gasteiger partial charge in [0.2, 0.25) is 10.0 Å². The zero-order chi connectivity index (χ0) is 19.2. The molecular weight excluding hydrogens is 363 g/mol. The van der Waals surface area contributed by atoms with E-state index in [-0.39, 0.29) is 23.8 Å². The van der Waals surface area contributed by atoms with Crippen molar-refractivity contribution in [3.63, 3.8) is 0 Å². The number of esters is 1. The minimum atomic E-state index is -3.83. The maximum atomic E-state index is 12.8. The number of benzene rings is 1. The predicted octanol–water partition coefficient (Wildman–Crippen LogP) is 1.44. The van der Waals surface area contributed by atoms with Crippen LogP contribution >= 0.6 is 0 Å². The topological polar surface area (TPSA) is 92.8 Å². The number of carbonyl (C=O) groups excluding carboxylic acids is 2. The first-order valence-electron chi connectivity index (χ1n) is 8.53. The summed E-state index contributed by atoms with van der Waals surface area (Å²) >= 11 is 0. The molecule has 1 amide bonds. The largest absolute Gasteiger partial charge is 0.452 e. The fraction of sp³-hybridized carbons (Fsp3) is 0.529. The molecule has 1 aliphatic rings.